The van der Waals surface area contributed by atoms with E-state index in [9.17, 15) is 4.79 Å². The van der Waals surface area contributed by atoms with Gasteiger partial charge in [-0.15, -0.1) is 10.2 Å². The number of hydrogen-bond acceptors (Lipinski definition) is 7. The minimum Gasteiger partial charge on any atom is -0.497 e. The first-order valence-corrected chi connectivity index (χ1v) is 10.8. The summed E-state index contributed by atoms with van der Waals surface area (Å²) in [6.45, 7) is 1.60. The monoisotopic (exact) mass is 409 g/mol. The second-order valence-corrected chi connectivity index (χ2v) is 8.72. The topological polar surface area (TPSA) is 80.2 Å². The lowest BCUT2D eigenvalue weighted by Crippen LogP contribution is -2.40. The number of aromatic nitrogens is 3. The van der Waals surface area contributed by atoms with Crippen molar-refractivity contribution in [2.45, 2.75) is 31.6 Å². The summed E-state index contributed by atoms with van der Waals surface area (Å²) in [5, 5.41) is 14.1. The fraction of sp³-hybridized carbons (Fsp3) is 0.429. The zero-order chi connectivity index (χ0) is 19.8. The van der Waals surface area contributed by atoms with Gasteiger partial charge in [0, 0.05) is 36.3 Å². The molecule has 1 aliphatic carbocycles. The summed E-state index contributed by atoms with van der Waals surface area (Å²) >= 11 is 1.51. The minimum absolute atomic E-state index is 0.0316. The predicted molar refractivity (Wildman–Crippen MR) is 114 cm³/mol. The highest BCUT2D eigenvalue weighted by Gasteiger charge is 2.30. The molecular weight excluding hydrogens is 386 g/mol. The molecule has 0 radical (unpaired) electrons. The molecule has 8 heteroatoms. The Morgan fingerprint density at radius 1 is 1.24 bits per heavy atom. The fourth-order valence-electron chi connectivity index (χ4n) is 3.91. The van der Waals surface area contributed by atoms with Crippen LogP contribution in [0, 0.1) is 5.92 Å². The van der Waals surface area contributed by atoms with E-state index < -0.39 is 0 Å². The maximum atomic E-state index is 12.9. The van der Waals surface area contributed by atoms with Gasteiger partial charge in [0.1, 0.15) is 10.8 Å². The van der Waals surface area contributed by atoms with Gasteiger partial charge in [0.25, 0.3) is 0 Å². The van der Waals surface area contributed by atoms with Crippen LogP contribution in [0.25, 0.3) is 10.9 Å². The number of piperidine rings is 1. The third-order valence-corrected chi connectivity index (χ3v) is 6.66. The van der Waals surface area contributed by atoms with Gasteiger partial charge in [-0.2, -0.15) is 0 Å². The standard InChI is InChI=1S/C21H23N5O2S/c1-28-15-6-7-17-16(11-15)18(8-9-22-17)26-10-2-3-14(12-26)19(27)23-21-25-24-20(29-21)13-4-5-13/h6-9,11,13-14H,2-5,10,12H2,1H3,(H,23,25,27). The Morgan fingerprint density at radius 2 is 2.14 bits per heavy atom. The number of pyridine rings is 1. The van der Waals surface area contributed by atoms with Gasteiger partial charge in [0.15, 0.2) is 0 Å². The second kappa shape index (κ2) is 7.59. The lowest BCUT2D eigenvalue weighted by atomic mass is 9.96. The van der Waals surface area contributed by atoms with Crippen LogP contribution in [0.5, 0.6) is 5.75 Å². The maximum absolute atomic E-state index is 12.9. The lowest BCUT2D eigenvalue weighted by Gasteiger charge is -2.34. The molecule has 0 bridgehead atoms. The SMILES string of the molecule is COc1ccc2nccc(N3CCCC(C(=O)Nc4nnc(C5CC5)s4)C3)c2c1. The maximum Gasteiger partial charge on any atom is 0.231 e. The second-order valence-electron chi connectivity index (χ2n) is 7.71. The quantitative estimate of drug-likeness (QED) is 0.690. The molecule has 3 heterocycles. The Bertz CT molecular complexity index is 1050. The van der Waals surface area contributed by atoms with E-state index in [0.717, 1.165) is 46.7 Å². The molecule has 1 atom stereocenters. The van der Waals surface area contributed by atoms with Crippen molar-refractivity contribution in [2.75, 3.05) is 30.4 Å². The van der Waals surface area contributed by atoms with Gasteiger partial charge in [-0.05, 0) is 49.9 Å². The van der Waals surface area contributed by atoms with Crippen LogP contribution in [0.1, 0.15) is 36.6 Å². The van der Waals surface area contributed by atoms with Crippen LogP contribution in [0.3, 0.4) is 0 Å². The predicted octanol–water partition coefficient (Wildman–Crippen LogP) is 3.83. The smallest absolute Gasteiger partial charge is 0.231 e. The number of carbonyl (C=O) groups is 1. The fourth-order valence-corrected chi connectivity index (χ4v) is 4.83. The van der Waals surface area contributed by atoms with Gasteiger partial charge in [-0.25, -0.2) is 0 Å². The molecule has 29 heavy (non-hydrogen) atoms. The Morgan fingerprint density at radius 3 is 2.97 bits per heavy atom. The molecule has 1 saturated heterocycles. The van der Waals surface area contributed by atoms with Crippen molar-refractivity contribution >= 4 is 39.0 Å². The van der Waals surface area contributed by atoms with Crippen molar-refractivity contribution in [3.63, 3.8) is 0 Å². The van der Waals surface area contributed by atoms with Crippen LogP contribution in [-0.2, 0) is 4.79 Å². The van der Waals surface area contributed by atoms with Crippen LogP contribution < -0.4 is 15.0 Å². The highest BCUT2D eigenvalue weighted by molar-refractivity contribution is 7.15. The van der Waals surface area contributed by atoms with E-state index in [1.165, 1.54) is 24.2 Å². The van der Waals surface area contributed by atoms with Gasteiger partial charge >= 0.3 is 0 Å². The summed E-state index contributed by atoms with van der Waals surface area (Å²) in [6.07, 6.45) is 6.04. The van der Waals surface area contributed by atoms with E-state index in [1.807, 2.05) is 30.5 Å². The van der Waals surface area contributed by atoms with Gasteiger partial charge in [-0.1, -0.05) is 11.3 Å². The van der Waals surface area contributed by atoms with Gasteiger partial charge in [-0.3, -0.25) is 9.78 Å². The van der Waals surface area contributed by atoms with E-state index >= 15 is 0 Å². The largest absolute Gasteiger partial charge is 0.497 e. The zero-order valence-corrected chi connectivity index (χ0v) is 17.1. The van der Waals surface area contributed by atoms with E-state index in [1.54, 1.807) is 7.11 Å². The molecule has 1 amide bonds. The molecule has 150 valence electrons. The molecule has 1 saturated carbocycles. The van der Waals surface area contributed by atoms with E-state index in [0.29, 0.717) is 17.6 Å². The molecule has 1 aliphatic heterocycles. The average Bonchev–Trinajstić information content (AvgIpc) is 3.52. The molecule has 0 spiro atoms. The summed E-state index contributed by atoms with van der Waals surface area (Å²) in [5.74, 6) is 1.32. The number of benzene rings is 1. The zero-order valence-electron chi connectivity index (χ0n) is 16.3. The van der Waals surface area contributed by atoms with Crippen LogP contribution >= 0.6 is 11.3 Å². The Balaban J connectivity index is 1.33. The molecule has 2 fully saturated rings. The summed E-state index contributed by atoms with van der Waals surface area (Å²) in [6, 6.07) is 7.93. The number of nitrogens with one attached hydrogen (secondary N) is 1. The van der Waals surface area contributed by atoms with E-state index in [2.05, 4.69) is 25.4 Å². The molecule has 5 rings (SSSR count). The summed E-state index contributed by atoms with van der Waals surface area (Å²) in [7, 11) is 1.67. The highest BCUT2D eigenvalue weighted by atomic mass is 32.1. The molecule has 3 aromatic rings. The molecule has 2 aromatic heterocycles. The van der Waals surface area contributed by atoms with Gasteiger partial charge in [0.05, 0.1) is 18.5 Å². The number of fused-ring (bicyclic) bond motifs is 1. The van der Waals surface area contributed by atoms with E-state index in [-0.39, 0.29) is 11.8 Å². The van der Waals surface area contributed by atoms with Crippen LogP contribution in [-0.4, -0.2) is 41.3 Å². The normalized spacial score (nSPS) is 19.3. The molecule has 1 N–H and O–H groups in total. The van der Waals surface area contributed by atoms with E-state index in [4.69, 9.17) is 4.74 Å². The first-order chi connectivity index (χ1) is 14.2. The average molecular weight is 410 g/mol. The Labute approximate surface area is 173 Å². The van der Waals surface area contributed by atoms with Crippen molar-refractivity contribution in [2.24, 2.45) is 5.92 Å². The number of ether oxygens (including phenoxy) is 1. The Hall–Kier alpha value is -2.74. The third kappa shape index (κ3) is 3.76. The third-order valence-electron chi connectivity index (χ3n) is 5.66. The first kappa shape index (κ1) is 18.3. The molecular formula is C21H23N5O2S. The number of amides is 1. The number of anilines is 2. The first-order valence-electron chi connectivity index (χ1n) is 10.0. The van der Waals surface area contributed by atoms with Crippen molar-refractivity contribution in [1.82, 2.24) is 15.2 Å². The summed E-state index contributed by atoms with van der Waals surface area (Å²) in [5.41, 5.74) is 2.02. The minimum atomic E-state index is -0.0779. The lowest BCUT2D eigenvalue weighted by molar-refractivity contribution is -0.120. The molecule has 1 unspecified atom stereocenters. The summed E-state index contributed by atoms with van der Waals surface area (Å²) < 4.78 is 5.39. The number of nitrogens with zero attached hydrogens (tertiary/aromatic N) is 4. The number of methoxy groups -OCH3 is 1. The van der Waals surface area contributed by atoms with Crippen molar-refractivity contribution in [1.29, 1.82) is 0 Å². The number of hydrogen-bond donors (Lipinski definition) is 1. The molecule has 1 aromatic carbocycles. The summed E-state index contributed by atoms with van der Waals surface area (Å²) in [4.78, 5) is 19.6. The molecule has 2 aliphatic rings. The highest BCUT2D eigenvalue weighted by Crippen LogP contribution is 2.42. The van der Waals surface area contributed by atoms with Crippen molar-refractivity contribution < 1.29 is 9.53 Å². The van der Waals surface area contributed by atoms with Crippen LogP contribution in [0.15, 0.2) is 30.5 Å². The van der Waals surface area contributed by atoms with Gasteiger partial charge in [0.2, 0.25) is 11.0 Å². The van der Waals surface area contributed by atoms with Crippen LogP contribution in [0.4, 0.5) is 10.8 Å². The van der Waals surface area contributed by atoms with Gasteiger partial charge < -0.3 is 15.0 Å². The number of rotatable bonds is 5. The van der Waals surface area contributed by atoms with Crippen LogP contribution in [0.2, 0.25) is 0 Å². The Kier molecular flexibility index (Phi) is 4.79. The number of carbonyl (C=O) groups excluding carboxylic acids is 1. The van der Waals surface area contributed by atoms with Crippen molar-refractivity contribution in [3.05, 3.63) is 35.5 Å². The molecule has 7 nitrogen and oxygen atoms in total. The van der Waals surface area contributed by atoms with Crippen molar-refractivity contribution in [3.8, 4) is 5.75 Å².